The molecule has 7 nitrogen and oxygen atoms in total. The number of benzene rings is 3. The molecule has 0 unspecified atom stereocenters. The van der Waals surface area contributed by atoms with Crippen LogP contribution in [0.15, 0.2) is 60.4 Å². The van der Waals surface area contributed by atoms with Gasteiger partial charge in [0.2, 0.25) is 0 Å². The summed E-state index contributed by atoms with van der Waals surface area (Å²) in [4.78, 5) is 24.9. The van der Waals surface area contributed by atoms with Gasteiger partial charge in [0.15, 0.2) is 5.75 Å². The number of hydrogen-bond donors (Lipinski definition) is 2. The summed E-state index contributed by atoms with van der Waals surface area (Å²) >= 11 is 13.0. The van der Waals surface area contributed by atoms with Gasteiger partial charge in [0.05, 0.1) is 20.1 Å². The number of hydrogen-bond acceptors (Lipinski definition) is 6. The molecule has 171 valence electrons. The second-order valence-electron chi connectivity index (χ2n) is 6.69. The van der Waals surface area contributed by atoms with E-state index in [9.17, 15) is 24.9 Å². The molecule has 0 fully saturated rings. The summed E-state index contributed by atoms with van der Waals surface area (Å²) in [5.41, 5.74) is 0.386. The Kier molecular flexibility index (Phi) is 8.43. The monoisotopic (exact) mass is 705 g/mol. The quantitative estimate of drug-likeness (QED) is 0.267. The number of carbonyl (C=O) groups is 2. The summed E-state index contributed by atoms with van der Waals surface area (Å²) in [6.07, 6.45) is 0. The highest BCUT2D eigenvalue weighted by atomic mass is 79.9. The fourth-order valence-corrected chi connectivity index (χ4v) is 5.37. The van der Waals surface area contributed by atoms with Crippen LogP contribution in [0.3, 0.4) is 0 Å². The Balaban J connectivity index is 1.72. The summed E-state index contributed by atoms with van der Waals surface area (Å²) in [5.74, 6) is -2.47. The van der Waals surface area contributed by atoms with Gasteiger partial charge in [0, 0.05) is 20.1 Å². The molecule has 3 rings (SSSR count). The Morgan fingerprint density at radius 2 is 1.06 bits per heavy atom. The van der Waals surface area contributed by atoms with E-state index in [-0.39, 0.29) is 35.8 Å². The van der Waals surface area contributed by atoms with Crippen molar-refractivity contribution in [3.8, 4) is 17.2 Å². The van der Waals surface area contributed by atoms with E-state index in [0.29, 0.717) is 29.0 Å². The van der Waals surface area contributed by atoms with Crippen LogP contribution in [0.5, 0.6) is 17.2 Å². The van der Waals surface area contributed by atoms with Gasteiger partial charge in [0.1, 0.15) is 24.7 Å². The average Bonchev–Trinajstić information content (AvgIpc) is 2.75. The van der Waals surface area contributed by atoms with E-state index in [1.807, 2.05) is 0 Å². The SMILES string of the molecule is [O]c1cc(C(=O)OCc2cc(Br)cc(Br)c2O)cc(C(=O)OCc2cc(Br)cc(Br)c2O)c1. The molecule has 0 aliphatic heterocycles. The molecule has 0 saturated carbocycles. The Morgan fingerprint density at radius 3 is 1.45 bits per heavy atom. The number of halogens is 4. The van der Waals surface area contributed by atoms with Crippen LogP contribution in [0, 0.1) is 0 Å². The lowest BCUT2D eigenvalue weighted by molar-refractivity contribution is 0.0467. The zero-order valence-corrected chi connectivity index (χ0v) is 22.7. The van der Waals surface area contributed by atoms with E-state index in [0.717, 1.165) is 12.1 Å². The Labute approximate surface area is 221 Å². The highest BCUT2D eigenvalue weighted by Crippen LogP contribution is 2.33. The minimum atomic E-state index is -0.856. The van der Waals surface area contributed by atoms with Crippen molar-refractivity contribution >= 4 is 75.7 Å². The first-order chi connectivity index (χ1) is 15.5. The van der Waals surface area contributed by atoms with Gasteiger partial charge in [-0.05, 0) is 74.3 Å². The Morgan fingerprint density at radius 1 is 0.667 bits per heavy atom. The van der Waals surface area contributed by atoms with Gasteiger partial charge in [-0.15, -0.1) is 0 Å². The number of phenols is 2. The molecule has 0 aliphatic carbocycles. The van der Waals surface area contributed by atoms with E-state index in [4.69, 9.17) is 9.47 Å². The van der Waals surface area contributed by atoms with Crippen molar-refractivity contribution in [2.24, 2.45) is 0 Å². The van der Waals surface area contributed by atoms with Crippen molar-refractivity contribution in [3.63, 3.8) is 0 Å². The van der Waals surface area contributed by atoms with Crippen LogP contribution < -0.4 is 0 Å². The van der Waals surface area contributed by atoms with Crippen LogP contribution >= 0.6 is 63.7 Å². The van der Waals surface area contributed by atoms with Crippen molar-refractivity contribution in [1.29, 1.82) is 0 Å². The predicted molar refractivity (Wildman–Crippen MR) is 132 cm³/mol. The molecule has 2 N–H and O–H groups in total. The summed E-state index contributed by atoms with van der Waals surface area (Å²) in [5, 5.41) is 32.2. The molecule has 3 aromatic rings. The van der Waals surface area contributed by atoms with Gasteiger partial charge in [0.25, 0.3) is 0 Å². The molecule has 11 heteroatoms. The summed E-state index contributed by atoms with van der Waals surface area (Å²) in [6, 6.07) is 9.67. The standard InChI is InChI=1S/C22H13Br4O7/c23-14-2-12(19(28)17(25)6-14)8-32-21(30)10-1-11(5-16(27)4-10)22(31)33-9-13-3-15(24)7-18(26)20(13)29/h1-7,28-29H,8-9H2. The summed E-state index contributed by atoms with van der Waals surface area (Å²) in [6.45, 7) is -0.523. The highest BCUT2D eigenvalue weighted by Gasteiger charge is 2.18. The Hall–Kier alpha value is -2.08. The molecular weight excluding hydrogens is 696 g/mol. The molecular formula is C22H13Br4O7. The second kappa shape index (κ2) is 10.9. The number of phenolic OH excluding ortho intramolecular Hbond substituents is 2. The number of ether oxygens (including phenoxy) is 2. The summed E-state index contributed by atoms with van der Waals surface area (Å²) in [7, 11) is 0. The van der Waals surface area contributed by atoms with Gasteiger partial charge in [-0.2, -0.15) is 0 Å². The van der Waals surface area contributed by atoms with E-state index < -0.39 is 17.7 Å². The fourth-order valence-electron chi connectivity index (χ4n) is 2.75. The van der Waals surface area contributed by atoms with Gasteiger partial charge in [-0.1, -0.05) is 31.9 Å². The minimum Gasteiger partial charge on any atom is -0.506 e. The molecule has 33 heavy (non-hydrogen) atoms. The van der Waals surface area contributed by atoms with Crippen LogP contribution in [0.1, 0.15) is 31.8 Å². The van der Waals surface area contributed by atoms with Crippen LogP contribution in [-0.4, -0.2) is 22.2 Å². The molecule has 0 spiro atoms. The molecule has 0 amide bonds. The van der Waals surface area contributed by atoms with Gasteiger partial charge in [-0.25, -0.2) is 9.59 Å². The van der Waals surface area contributed by atoms with E-state index >= 15 is 0 Å². The maximum absolute atomic E-state index is 12.5. The maximum atomic E-state index is 12.5. The first kappa shape index (κ1) is 25.5. The lowest BCUT2D eigenvalue weighted by Gasteiger charge is -2.11. The van der Waals surface area contributed by atoms with Crippen LogP contribution in [-0.2, 0) is 27.8 Å². The van der Waals surface area contributed by atoms with Crippen molar-refractivity contribution in [2.45, 2.75) is 13.2 Å². The number of aromatic hydroxyl groups is 2. The van der Waals surface area contributed by atoms with E-state index in [1.54, 1.807) is 24.3 Å². The van der Waals surface area contributed by atoms with Gasteiger partial charge in [-0.3, -0.25) is 5.11 Å². The molecule has 1 radical (unpaired) electrons. The van der Waals surface area contributed by atoms with Crippen LogP contribution in [0.2, 0.25) is 0 Å². The minimum absolute atomic E-state index is 0.0877. The average molecular weight is 709 g/mol. The lowest BCUT2D eigenvalue weighted by Crippen LogP contribution is -2.09. The highest BCUT2D eigenvalue weighted by molar-refractivity contribution is 9.11. The lowest BCUT2D eigenvalue weighted by atomic mass is 10.1. The zero-order chi connectivity index (χ0) is 24.3. The first-order valence-corrected chi connectivity index (χ1v) is 12.2. The Bertz CT molecular complexity index is 1150. The van der Waals surface area contributed by atoms with Crippen molar-refractivity contribution in [2.75, 3.05) is 0 Å². The van der Waals surface area contributed by atoms with E-state index in [1.165, 1.54) is 6.07 Å². The second-order valence-corrected chi connectivity index (χ2v) is 10.2. The van der Waals surface area contributed by atoms with Gasteiger partial charge < -0.3 is 19.7 Å². The molecule has 0 aromatic heterocycles. The molecule has 0 heterocycles. The predicted octanol–water partition coefficient (Wildman–Crippen LogP) is 7.01. The third kappa shape index (κ3) is 6.50. The third-order valence-electron chi connectivity index (χ3n) is 4.31. The van der Waals surface area contributed by atoms with E-state index in [2.05, 4.69) is 63.7 Å². The first-order valence-electron chi connectivity index (χ1n) is 9.05. The topological polar surface area (TPSA) is 113 Å². The molecule has 0 bridgehead atoms. The smallest absolute Gasteiger partial charge is 0.338 e. The third-order valence-corrected chi connectivity index (χ3v) is 6.43. The maximum Gasteiger partial charge on any atom is 0.338 e. The largest absolute Gasteiger partial charge is 0.506 e. The summed E-state index contributed by atoms with van der Waals surface area (Å²) < 4.78 is 12.5. The molecule has 0 atom stereocenters. The molecule has 0 saturated heterocycles. The van der Waals surface area contributed by atoms with Crippen LogP contribution in [0.25, 0.3) is 0 Å². The van der Waals surface area contributed by atoms with Crippen molar-refractivity contribution < 1.29 is 34.4 Å². The number of carbonyl (C=O) groups excluding carboxylic acids is 2. The van der Waals surface area contributed by atoms with Crippen molar-refractivity contribution in [3.05, 3.63) is 82.6 Å². The fraction of sp³-hybridized carbons (Fsp3) is 0.0909. The van der Waals surface area contributed by atoms with Gasteiger partial charge >= 0.3 is 11.9 Å². The number of rotatable bonds is 6. The normalized spacial score (nSPS) is 10.7. The van der Waals surface area contributed by atoms with Crippen molar-refractivity contribution in [1.82, 2.24) is 0 Å². The zero-order valence-electron chi connectivity index (χ0n) is 16.4. The molecule has 3 aromatic carbocycles. The number of esters is 2. The van der Waals surface area contributed by atoms with Crippen LogP contribution in [0.4, 0.5) is 0 Å². The molecule has 0 aliphatic rings.